The molecule has 122 valence electrons. The van der Waals surface area contributed by atoms with Crippen LogP contribution in [0.15, 0.2) is 66.3 Å². The Bertz CT molecular complexity index is 800. The van der Waals surface area contributed by atoms with Crippen LogP contribution in [0, 0.1) is 0 Å². The molecule has 3 rings (SSSR count). The van der Waals surface area contributed by atoms with Gasteiger partial charge in [0.1, 0.15) is 37.0 Å². The summed E-state index contributed by atoms with van der Waals surface area (Å²) in [5.41, 5.74) is 1.65. The van der Waals surface area contributed by atoms with Gasteiger partial charge < -0.3 is 9.57 Å². The average Bonchev–Trinajstić information content (AvgIpc) is 3.10. The summed E-state index contributed by atoms with van der Waals surface area (Å²) in [5.74, 6) is 1.44. The van der Waals surface area contributed by atoms with Gasteiger partial charge in [-0.05, 0) is 48.5 Å². The Morgan fingerprint density at radius 1 is 1.08 bits per heavy atom. The molecule has 0 fully saturated rings. The van der Waals surface area contributed by atoms with Crippen LogP contribution < -0.4 is 4.74 Å². The van der Waals surface area contributed by atoms with E-state index < -0.39 is 0 Å². The van der Waals surface area contributed by atoms with Crippen molar-refractivity contribution < 1.29 is 9.57 Å². The minimum Gasteiger partial charge on any atom is -0.457 e. The van der Waals surface area contributed by atoms with Crippen molar-refractivity contribution in [2.24, 2.45) is 5.16 Å². The summed E-state index contributed by atoms with van der Waals surface area (Å²) in [7, 11) is 1.51. The maximum absolute atomic E-state index is 5.87. The molecule has 7 heteroatoms. The summed E-state index contributed by atoms with van der Waals surface area (Å²) in [5, 5.41) is 8.82. The first kappa shape index (κ1) is 16.0. The van der Waals surface area contributed by atoms with Crippen LogP contribution in [0.4, 0.5) is 0 Å². The second-order valence-corrected chi connectivity index (χ2v) is 5.33. The van der Waals surface area contributed by atoms with Crippen molar-refractivity contribution in [2.45, 2.75) is 6.54 Å². The van der Waals surface area contributed by atoms with Gasteiger partial charge in [0, 0.05) is 10.6 Å². The van der Waals surface area contributed by atoms with E-state index in [0.29, 0.717) is 11.6 Å². The first-order chi connectivity index (χ1) is 11.7. The number of oxime groups is 1. The summed E-state index contributed by atoms with van der Waals surface area (Å²) in [6.45, 7) is 0.464. The third-order valence-electron chi connectivity index (χ3n) is 3.22. The van der Waals surface area contributed by atoms with Gasteiger partial charge >= 0.3 is 0 Å². The predicted molar refractivity (Wildman–Crippen MR) is 91.5 cm³/mol. The Morgan fingerprint density at radius 2 is 1.75 bits per heavy atom. The van der Waals surface area contributed by atoms with Gasteiger partial charge in [0.25, 0.3) is 0 Å². The number of benzene rings is 2. The molecule has 0 bridgehead atoms. The minimum absolute atomic E-state index is 0.464. The zero-order chi connectivity index (χ0) is 16.8. The van der Waals surface area contributed by atoms with Crippen LogP contribution in [0.25, 0.3) is 0 Å². The third-order valence-corrected chi connectivity index (χ3v) is 3.47. The Kier molecular flexibility index (Phi) is 5.08. The molecule has 0 aliphatic heterocycles. The predicted octanol–water partition coefficient (Wildman–Crippen LogP) is 3.77. The molecule has 0 aliphatic carbocycles. The first-order valence-electron chi connectivity index (χ1n) is 7.21. The van der Waals surface area contributed by atoms with E-state index in [1.807, 2.05) is 36.4 Å². The molecule has 0 saturated heterocycles. The molecule has 24 heavy (non-hydrogen) atoms. The number of aromatic nitrogens is 3. The molecule has 0 atom stereocenters. The van der Waals surface area contributed by atoms with Crippen molar-refractivity contribution in [3.63, 3.8) is 0 Å². The normalized spacial score (nSPS) is 11.3. The van der Waals surface area contributed by atoms with Gasteiger partial charge in [0.05, 0.1) is 6.54 Å². The van der Waals surface area contributed by atoms with Crippen LogP contribution in [-0.2, 0) is 11.4 Å². The summed E-state index contributed by atoms with van der Waals surface area (Å²) < 4.78 is 7.45. The Morgan fingerprint density at radius 3 is 2.33 bits per heavy atom. The summed E-state index contributed by atoms with van der Waals surface area (Å²) in [6.07, 6.45) is 3.11. The van der Waals surface area contributed by atoms with Gasteiger partial charge in [0.15, 0.2) is 0 Å². The second kappa shape index (κ2) is 7.61. The molecule has 3 aromatic rings. The third kappa shape index (κ3) is 4.11. The summed E-state index contributed by atoms with van der Waals surface area (Å²) in [4.78, 5) is 8.85. The van der Waals surface area contributed by atoms with Crippen molar-refractivity contribution in [1.29, 1.82) is 0 Å². The molecule has 0 spiro atoms. The molecule has 1 aromatic heterocycles. The standard InChI is InChI=1S/C17H15ClN4O2/c1-23-21-17(10-22-12-19-11-20-22)13-2-6-15(7-3-13)24-16-8-4-14(18)5-9-16/h2-9,11-12H,10H2,1H3. The van der Waals surface area contributed by atoms with E-state index in [-0.39, 0.29) is 0 Å². The van der Waals surface area contributed by atoms with Crippen molar-refractivity contribution in [3.8, 4) is 11.5 Å². The lowest BCUT2D eigenvalue weighted by molar-refractivity contribution is 0.212. The van der Waals surface area contributed by atoms with E-state index in [2.05, 4.69) is 15.2 Å². The van der Waals surface area contributed by atoms with E-state index in [1.54, 1.807) is 23.1 Å². The van der Waals surface area contributed by atoms with Crippen LogP contribution in [0.5, 0.6) is 11.5 Å². The van der Waals surface area contributed by atoms with Crippen molar-refractivity contribution in [2.75, 3.05) is 7.11 Å². The molecule has 0 radical (unpaired) electrons. The van der Waals surface area contributed by atoms with Crippen molar-refractivity contribution >= 4 is 17.3 Å². The lowest BCUT2D eigenvalue weighted by atomic mass is 10.1. The molecule has 0 saturated carbocycles. The highest BCUT2D eigenvalue weighted by Gasteiger charge is 2.07. The van der Waals surface area contributed by atoms with Crippen molar-refractivity contribution in [1.82, 2.24) is 14.8 Å². The molecule has 0 unspecified atom stereocenters. The Balaban J connectivity index is 1.74. The van der Waals surface area contributed by atoms with Gasteiger partial charge in [0.2, 0.25) is 0 Å². The highest BCUT2D eigenvalue weighted by molar-refractivity contribution is 6.30. The highest BCUT2D eigenvalue weighted by Crippen LogP contribution is 2.23. The number of nitrogens with zero attached hydrogens (tertiary/aromatic N) is 4. The smallest absolute Gasteiger partial charge is 0.137 e. The zero-order valence-electron chi connectivity index (χ0n) is 13.0. The highest BCUT2D eigenvalue weighted by atomic mass is 35.5. The SMILES string of the molecule is CON=C(Cn1cncn1)c1ccc(Oc2ccc(Cl)cc2)cc1. The largest absolute Gasteiger partial charge is 0.457 e. The molecule has 1 heterocycles. The first-order valence-corrected chi connectivity index (χ1v) is 7.58. The van der Waals surface area contributed by atoms with Gasteiger partial charge in [-0.2, -0.15) is 5.10 Å². The van der Waals surface area contributed by atoms with Gasteiger partial charge in [-0.25, -0.2) is 9.67 Å². The molecule has 0 N–H and O–H groups in total. The van der Waals surface area contributed by atoms with E-state index in [9.17, 15) is 0 Å². The number of halogens is 1. The summed E-state index contributed by atoms with van der Waals surface area (Å²) in [6, 6.07) is 14.8. The Hall–Kier alpha value is -2.86. The van der Waals surface area contributed by atoms with E-state index >= 15 is 0 Å². The number of hydrogen-bond acceptors (Lipinski definition) is 5. The van der Waals surface area contributed by atoms with Gasteiger partial charge in [-0.3, -0.25) is 0 Å². The zero-order valence-corrected chi connectivity index (χ0v) is 13.7. The average molecular weight is 343 g/mol. The molecular formula is C17H15ClN4O2. The fourth-order valence-corrected chi connectivity index (χ4v) is 2.23. The monoisotopic (exact) mass is 342 g/mol. The maximum atomic E-state index is 5.87. The molecule has 0 aliphatic rings. The van der Waals surface area contributed by atoms with Gasteiger partial charge in [-0.1, -0.05) is 16.8 Å². The van der Waals surface area contributed by atoms with E-state index in [4.69, 9.17) is 21.2 Å². The quantitative estimate of drug-likeness (QED) is 0.505. The molecule has 6 nitrogen and oxygen atoms in total. The molecule has 0 amide bonds. The lowest BCUT2D eigenvalue weighted by Gasteiger charge is -2.09. The molecular weight excluding hydrogens is 328 g/mol. The lowest BCUT2D eigenvalue weighted by Crippen LogP contribution is -2.12. The number of ether oxygens (including phenoxy) is 1. The van der Waals surface area contributed by atoms with E-state index in [0.717, 1.165) is 22.8 Å². The van der Waals surface area contributed by atoms with Crippen LogP contribution in [0.2, 0.25) is 5.02 Å². The van der Waals surface area contributed by atoms with E-state index in [1.165, 1.54) is 13.4 Å². The maximum Gasteiger partial charge on any atom is 0.137 e. The second-order valence-electron chi connectivity index (χ2n) is 4.89. The minimum atomic E-state index is 0.464. The van der Waals surface area contributed by atoms with Crippen LogP contribution in [-0.4, -0.2) is 27.6 Å². The van der Waals surface area contributed by atoms with Crippen LogP contribution >= 0.6 is 11.6 Å². The van der Waals surface area contributed by atoms with Gasteiger partial charge in [-0.15, -0.1) is 0 Å². The van der Waals surface area contributed by atoms with Crippen molar-refractivity contribution in [3.05, 3.63) is 71.8 Å². The summed E-state index contributed by atoms with van der Waals surface area (Å²) >= 11 is 5.87. The fraction of sp³-hybridized carbons (Fsp3) is 0.118. The number of hydrogen-bond donors (Lipinski definition) is 0. The fourth-order valence-electron chi connectivity index (χ4n) is 2.10. The topological polar surface area (TPSA) is 61.5 Å². The number of rotatable bonds is 6. The molecule has 2 aromatic carbocycles. The van der Waals surface area contributed by atoms with Crippen LogP contribution in [0.3, 0.4) is 0 Å². The van der Waals surface area contributed by atoms with Crippen LogP contribution in [0.1, 0.15) is 5.56 Å². The Labute approximate surface area is 144 Å².